The Hall–Kier alpha value is -3.21. The molecule has 0 atom stereocenters. The fourth-order valence-corrected chi connectivity index (χ4v) is 2.59. The van der Waals surface area contributed by atoms with E-state index in [4.69, 9.17) is 4.74 Å². The van der Waals surface area contributed by atoms with Crippen molar-refractivity contribution in [3.8, 4) is 5.75 Å². The second kappa shape index (κ2) is 8.45. The van der Waals surface area contributed by atoms with Crippen LogP contribution in [-0.4, -0.2) is 5.91 Å². The van der Waals surface area contributed by atoms with Crippen molar-refractivity contribution in [3.63, 3.8) is 0 Å². The molecule has 0 fully saturated rings. The molecule has 0 saturated heterocycles. The lowest BCUT2D eigenvalue weighted by molar-refractivity contribution is 0.0950. The van der Waals surface area contributed by atoms with Gasteiger partial charge in [0.2, 0.25) is 0 Å². The number of halogens is 2. The quantitative estimate of drug-likeness (QED) is 0.681. The van der Waals surface area contributed by atoms with E-state index in [0.29, 0.717) is 23.5 Å². The second-order valence-electron chi connectivity index (χ2n) is 6.14. The van der Waals surface area contributed by atoms with Crippen LogP contribution in [0.25, 0.3) is 0 Å². The number of carbonyl (C=O) groups is 1. The minimum absolute atomic E-state index is 0.147. The average molecular weight is 367 g/mol. The Bertz CT molecular complexity index is 925. The standard InChI is InChI=1S/C22H19F2NO2/c1-15-7-12-20(23)19(21(15)24)13-25-22(26)17-8-10-18(11-9-17)27-14-16-5-3-2-4-6-16/h2-12H,13-14H2,1H3,(H,25,26). The van der Waals surface area contributed by atoms with Crippen LogP contribution in [0.1, 0.15) is 27.0 Å². The zero-order valence-corrected chi connectivity index (χ0v) is 14.8. The first-order chi connectivity index (χ1) is 13.0. The highest BCUT2D eigenvalue weighted by Gasteiger charge is 2.13. The lowest BCUT2D eigenvalue weighted by Crippen LogP contribution is -2.24. The molecular formula is C22H19F2NO2. The summed E-state index contributed by atoms with van der Waals surface area (Å²) in [5.74, 6) is -1.10. The molecule has 1 N–H and O–H groups in total. The van der Waals surface area contributed by atoms with Crippen LogP contribution < -0.4 is 10.1 Å². The number of hydrogen-bond acceptors (Lipinski definition) is 2. The molecule has 5 heteroatoms. The number of nitrogens with one attached hydrogen (secondary N) is 1. The van der Waals surface area contributed by atoms with Crippen LogP contribution in [-0.2, 0) is 13.2 Å². The summed E-state index contributed by atoms with van der Waals surface area (Å²) in [7, 11) is 0. The Morgan fingerprint density at radius 3 is 2.37 bits per heavy atom. The van der Waals surface area contributed by atoms with Gasteiger partial charge in [-0.15, -0.1) is 0 Å². The van der Waals surface area contributed by atoms with E-state index in [0.717, 1.165) is 5.56 Å². The molecule has 0 aliphatic carbocycles. The molecule has 138 valence electrons. The highest BCUT2D eigenvalue weighted by Crippen LogP contribution is 2.17. The zero-order valence-electron chi connectivity index (χ0n) is 14.8. The molecule has 3 rings (SSSR count). The number of aryl methyl sites for hydroxylation is 1. The maximum atomic E-state index is 14.0. The molecule has 0 radical (unpaired) electrons. The Balaban J connectivity index is 1.58. The van der Waals surface area contributed by atoms with Crippen LogP contribution in [0, 0.1) is 18.6 Å². The van der Waals surface area contributed by atoms with Crippen LogP contribution in [0.2, 0.25) is 0 Å². The highest BCUT2D eigenvalue weighted by atomic mass is 19.1. The van der Waals surface area contributed by atoms with Crippen molar-refractivity contribution in [2.24, 2.45) is 0 Å². The Morgan fingerprint density at radius 1 is 0.963 bits per heavy atom. The Labute approximate surface area is 156 Å². The maximum absolute atomic E-state index is 14.0. The van der Waals surface area contributed by atoms with E-state index in [1.807, 2.05) is 30.3 Å². The summed E-state index contributed by atoms with van der Waals surface area (Å²) in [5.41, 5.74) is 1.61. The molecule has 3 aromatic carbocycles. The van der Waals surface area contributed by atoms with Crippen LogP contribution in [0.5, 0.6) is 5.75 Å². The minimum Gasteiger partial charge on any atom is -0.489 e. The Kier molecular flexibility index (Phi) is 5.81. The van der Waals surface area contributed by atoms with Crippen molar-refractivity contribution in [2.75, 3.05) is 0 Å². The van der Waals surface area contributed by atoms with Gasteiger partial charge in [0.1, 0.15) is 24.0 Å². The predicted octanol–water partition coefficient (Wildman–Crippen LogP) is 4.78. The molecule has 0 unspecified atom stereocenters. The summed E-state index contributed by atoms with van der Waals surface area (Å²) in [6.45, 7) is 1.76. The van der Waals surface area contributed by atoms with Crippen molar-refractivity contribution in [2.45, 2.75) is 20.1 Å². The van der Waals surface area contributed by atoms with Crippen molar-refractivity contribution in [3.05, 3.63) is 101 Å². The molecule has 3 nitrogen and oxygen atoms in total. The zero-order chi connectivity index (χ0) is 19.2. The molecule has 1 amide bonds. The first-order valence-electron chi connectivity index (χ1n) is 8.53. The van der Waals surface area contributed by atoms with E-state index in [1.54, 1.807) is 31.2 Å². The predicted molar refractivity (Wildman–Crippen MR) is 99.5 cm³/mol. The van der Waals surface area contributed by atoms with Crippen LogP contribution >= 0.6 is 0 Å². The molecule has 0 saturated carbocycles. The lowest BCUT2D eigenvalue weighted by Gasteiger charge is -2.10. The first kappa shape index (κ1) is 18.6. The van der Waals surface area contributed by atoms with Gasteiger partial charge in [0.25, 0.3) is 5.91 Å². The number of rotatable bonds is 6. The smallest absolute Gasteiger partial charge is 0.251 e. The van der Waals surface area contributed by atoms with Gasteiger partial charge in [-0.3, -0.25) is 4.79 Å². The van der Waals surface area contributed by atoms with Gasteiger partial charge in [-0.25, -0.2) is 8.78 Å². The summed E-state index contributed by atoms with van der Waals surface area (Å²) >= 11 is 0. The molecule has 3 aromatic rings. The maximum Gasteiger partial charge on any atom is 0.251 e. The highest BCUT2D eigenvalue weighted by molar-refractivity contribution is 5.94. The van der Waals surface area contributed by atoms with Gasteiger partial charge in [-0.05, 0) is 48.4 Å². The molecule has 0 aliphatic heterocycles. The van der Waals surface area contributed by atoms with Crippen molar-refractivity contribution < 1.29 is 18.3 Å². The number of amides is 1. The molecule has 0 heterocycles. The van der Waals surface area contributed by atoms with Gasteiger partial charge < -0.3 is 10.1 Å². The third-order valence-corrected chi connectivity index (χ3v) is 4.17. The fourth-order valence-electron chi connectivity index (χ4n) is 2.59. The molecule has 0 aromatic heterocycles. The van der Waals surface area contributed by atoms with Crippen LogP contribution in [0.3, 0.4) is 0 Å². The third kappa shape index (κ3) is 4.70. The van der Waals surface area contributed by atoms with E-state index < -0.39 is 17.5 Å². The molecule has 0 aliphatic rings. The molecule has 27 heavy (non-hydrogen) atoms. The first-order valence-corrected chi connectivity index (χ1v) is 8.53. The minimum atomic E-state index is -0.678. The van der Waals surface area contributed by atoms with E-state index in [2.05, 4.69) is 5.32 Å². The normalized spacial score (nSPS) is 10.5. The van der Waals surface area contributed by atoms with Gasteiger partial charge in [-0.2, -0.15) is 0 Å². The van der Waals surface area contributed by atoms with Gasteiger partial charge in [0.15, 0.2) is 0 Å². The number of hydrogen-bond donors (Lipinski definition) is 1. The Morgan fingerprint density at radius 2 is 1.67 bits per heavy atom. The number of benzene rings is 3. The molecular weight excluding hydrogens is 348 g/mol. The van der Waals surface area contributed by atoms with Gasteiger partial charge in [0, 0.05) is 17.7 Å². The van der Waals surface area contributed by atoms with E-state index in [-0.39, 0.29) is 12.1 Å². The summed E-state index contributed by atoms with van der Waals surface area (Å²) in [6.07, 6.45) is 0. The largest absolute Gasteiger partial charge is 0.489 e. The summed E-state index contributed by atoms with van der Waals surface area (Å²) < 4.78 is 33.4. The fraction of sp³-hybridized carbons (Fsp3) is 0.136. The van der Waals surface area contributed by atoms with E-state index >= 15 is 0 Å². The summed E-state index contributed by atoms with van der Waals surface area (Å²) in [6, 6.07) is 18.9. The van der Waals surface area contributed by atoms with Gasteiger partial charge in [-0.1, -0.05) is 36.4 Å². The van der Waals surface area contributed by atoms with Crippen molar-refractivity contribution >= 4 is 5.91 Å². The van der Waals surface area contributed by atoms with Gasteiger partial charge in [0.05, 0.1) is 0 Å². The second-order valence-corrected chi connectivity index (χ2v) is 6.14. The number of carbonyl (C=O) groups excluding carboxylic acids is 1. The number of ether oxygens (including phenoxy) is 1. The SMILES string of the molecule is Cc1ccc(F)c(CNC(=O)c2ccc(OCc3ccccc3)cc2)c1F. The van der Waals surface area contributed by atoms with Crippen LogP contribution in [0.15, 0.2) is 66.7 Å². The van der Waals surface area contributed by atoms with E-state index in [9.17, 15) is 13.6 Å². The van der Waals surface area contributed by atoms with Crippen molar-refractivity contribution in [1.82, 2.24) is 5.32 Å². The summed E-state index contributed by atoms with van der Waals surface area (Å²) in [4.78, 5) is 12.2. The molecule has 0 bridgehead atoms. The average Bonchev–Trinajstić information content (AvgIpc) is 2.70. The van der Waals surface area contributed by atoms with Gasteiger partial charge >= 0.3 is 0 Å². The molecule has 0 spiro atoms. The lowest BCUT2D eigenvalue weighted by atomic mass is 10.1. The van der Waals surface area contributed by atoms with E-state index in [1.165, 1.54) is 12.1 Å². The van der Waals surface area contributed by atoms with Crippen molar-refractivity contribution in [1.29, 1.82) is 0 Å². The van der Waals surface area contributed by atoms with Crippen LogP contribution in [0.4, 0.5) is 8.78 Å². The summed E-state index contributed by atoms with van der Waals surface area (Å²) in [5, 5.41) is 2.54. The third-order valence-electron chi connectivity index (χ3n) is 4.17. The monoisotopic (exact) mass is 367 g/mol. The topological polar surface area (TPSA) is 38.3 Å².